The Morgan fingerprint density at radius 3 is 2.84 bits per heavy atom. The first-order chi connectivity index (χ1) is 8.99. The van der Waals surface area contributed by atoms with Crippen LogP contribution in [0.15, 0.2) is 18.3 Å². The topological polar surface area (TPSA) is 73.0 Å². The van der Waals surface area contributed by atoms with Gasteiger partial charge in [0.05, 0.1) is 11.1 Å². The molecule has 1 N–H and O–H groups in total. The lowest BCUT2D eigenvalue weighted by Gasteiger charge is -2.12. The molecule has 102 valence electrons. The van der Waals surface area contributed by atoms with E-state index in [2.05, 4.69) is 17.3 Å². The highest BCUT2D eigenvalue weighted by Crippen LogP contribution is 2.24. The van der Waals surface area contributed by atoms with Crippen LogP contribution in [0.25, 0.3) is 0 Å². The molecule has 0 aliphatic heterocycles. The van der Waals surface area contributed by atoms with Gasteiger partial charge in [0.15, 0.2) is 0 Å². The van der Waals surface area contributed by atoms with Crippen molar-refractivity contribution in [2.24, 2.45) is 7.05 Å². The van der Waals surface area contributed by atoms with E-state index < -0.39 is 0 Å². The average molecular weight is 280 g/mol. The largest absolute Gasteiger partial charge is 0.324 e. The van der Waals surface area contributed by atoms with Crippen molar-refractivity contribution >= 4 is 16.3 Å². The second-order valence-electron chi connectivity index (χ2n) is 4.41. The molecule has 2 rings (SSSR count). The summed E-state index contributed by atoms with van der Waals surface area (Å²) in [5.41, 5.74) is 2.27. The van der Waals surface area contributed by atoms with Crippen LogP contribution >= 0.6 is 11.3 Å². The molecule has 2 aromatic rings. The molecule has 0 spiro atoms. The average Bonchev–Trinajstić information content (AvgIpc) is 2.95. The third kappa shape index (κ3) is 2.99. The van der Waals surface area contributed by atoms with Gasteiger partial charge in [-0.2, -0.15) is 5.10 Å². The minimum absolute atomic E-state index is 0.162. The van der Waals surface area contributed by atoms with Crippen LogP contribution < -0.4 is 5.32 Å². The first-order valence-corrected chi connectivity index (χ1v) is 6.75. The van der Waals surface area contributed by atoms with Crippen molar-refractivity contribution in [3.63, 3.8) is 0 Å². The van der Waals surface area contributed by atoms with Crippen LogP contribution in [0.3, 0.4) is 0 Å². The standard InChI is InChI=1S/C12H16N4O2S/c1-8(11-7-14-15(3)9(11)2)13-6-10-4-5-12(19-10)16(17)18/h4-5,7-8,13H,6H2,1-3H3. The summed E-state index contributed by atoms with van der Waals surface area (Å²) >= 11 is 1.21. The molecule has 2 aromatic heterocycles. The van der Waals surface area contributed by atoms with Crippen molar-refractivity contribution in [2.75, 3.05) is 0 Å². The summed E-state index contributed by atoms with van der Waals surface area (Å²) in [6.07, 6.45) is 1.85. The van der Waals surface area contributed by atoms with Crippen molar-refractivity contribution in [1.29, 1.82) is 0 Å². The molecule has 1 atom stereocenters. The van der Waals surface area contributed by atoms with Gasteiger partial charge in [0.1, 0.15) is 0 Å². The summed E-state index contributed by atoms with van der Waals surface area (Å²) in [7, 11) is 1.91. The molecule has 1 unspecified atom stereocenters. The Hall–Kier alpha value is -1.73. The quantitative estimate of drug-likeness (QED) is 0.674. The third-order valence-corrected chi connectivity index (χ3v) is 4.19. The number of rotatable bonds is 5. The Morgan fingerprint density at radius 2 is 2.32 bits per heavy atom. The molecule has 0 aromatic carbocycles. The van der Waals surface area contributed by atoms with Gasteiger partial charge in [-0.3, -0.25) is 14.8 Å². The third-order valence-electron chi connectivity index (χ3n) is 3.15. The molecule has 0 aliphatic rings. The first kappa shape index (κ1) is 13.7. The lowest BCUT2D eigenvalue weighted by atomic mass is 10.1. The molecule has 0 aliphatic carbocycles. The summed E-state index contributed by atoms with van der Waals surface area (Å²) in [6.45, 7) is 4.70. The van der Waals surface area contributed by atoms with Crippen molar-refractivity contribution in [1.82, 2.24) is 15.1 Å². The van der Waals surface area contributed by atoms with Gasteiger partial charge in [-0.25, -0.2) is 0 Å². The zero-order chi connectivity index (χ0) is 14.0. The lowest BCUT2D eigenvalue weighted by molar-refractivity contribution is -0.380. The number of aromatic nitrogens is 2. The second-order valence-corrected chi connectivity index (χ2v) is 5.56. The van der Waals surface area contributed by atoms with Gasteiger partial charge < -0.3 is 5.32 Å². The summed E-state index contributed by atoms with van der Waals surface area (Å²) < 4.78 is 1.84. The highest BCUT2D eigenvalue weighted by atomic mass is 32.1. The zero-order valence-electron chi connectivity index (χ0n) is 11.1. The Morgan fingerprint density at radius 1 is 1.58 bits per heavy atom. The van der Waals surface area contributed by atoms with E-state index in [1.165, 1.54) is 11.3 Å². The maximum atomic E-state index is 10.6. The highest BCUT2D eigenvalue weighted by molar-refractivity contribution is 7.15. The predicted molar refractivity (Wildman–Crippen MR) is 74.2 cm³/mol. The van der Waals surface area contributed by atoms with Gasteiger partial charge in [0.2, 0.25) is 0 Å². The maximum absolute atomic E-state index is 10.6. The van der Waals surface area contributed by atoms with Crippen molar-refractivity contribution < 1.29 is 4.92 Å². The molecule has 0 fully saturated rings. The molecule has 0 radical (unpaired) electrons. The lowest BCUT2D eigenvalue weighted by Crippen LogP contribution is -2.18. The van der Waals surface area contributed by atoms with Crippen LogP contribution in [-0.4, -0.2) is 14.7 Å². The molecule has 19 heavy (non-hydrogen) atoms. The number of hydrogen-bond donors (Lipinski definition) is 1. The highest BCUT2D eigenvalue weighted by Gasteiger charge is 2.13. The van der Waals surface area contributed by atoms with Crippen molar-refractivity contribution in [3.05, 3.63) is 44.6 Å². The molecule has 7 heteroatoms. The molecule has 0 amide bonds. The van der Waals surface area contributed by atoms with Crippen molar-refractivity contribution in [2.45, 2.75) is 26.4 Å². The Kier molecular flexibility index (Phi) is 3.96. The van der Waals surface area contributed by atoms with E-state index in [0.29, 0.717) is 6.54 Å². The van der Waals surface area contributed by atoms with Gasteiger partial charge in [0.25, 0.3) is 0 Å². The van der Waals surface area contributed by atoms with Gasteiger partial charge in [-0.05, 0) is 19.9 Å². The van der Waals surface area contributed by atoms with Crippen LogP contribution in [0.5, 0.6) is 0 Å². The van der Waals surface area contributed by atoms with E-state index in [1.54, 1.807) is 12.1 Å². The normalized spacial score (nSPS) is 12.6. The fourth-order valence-electron chi connectivity index (χ4n) is 1.86. The number of hydrogen-bond acceptors (Lipinski definition) is 5. The maximum Gasteiger partial charge on any atom is 0.324 e. The summed E-state index contributed by atoms with van der Waals surface area (Å²) in [4.78, 5) is 11.2. The smallest absolute Gasteiger partial charge is 0.305 e. The fourth-order valence-corrected chi connectivity index (χ4v) is 2.63. The molecule has 0 saturated heterocycles. The van der Waals surface area contributed by atoms with Crippen molar-refractivity contribution in [3.8, 4) is 0 Å². The van der Waals surface area contributed by atoms with Gasteiger partial charge in [-0.1, -0.05) is 11.3 Å². The summed E-state index contributed by atoms with van der Waals surface area (Å²) in [6, 6.07) is 3.50. The Labute approximate surface area is 115 Å². The van der Waals surface area contributed by atoms with Crippen LogP contribution in [0.4, 0.5) is 5.00 Å². The van der Waals surface area contributed by atoms with E-state index >= 15 is 0 Å². The molecule has 0 bridgehead atoms. The summed E-state index contributed by atoms with van der Waals surface area (Å²) in [5, 5.41) is 18.4. The molecular formula is C12H16N4O2S. The number of nitro groups is 1. The monoisotopic (exact) mass is 280 g/mol. The SMILES string of the molecule is Cc1c(C(C)NCc2ccc([N+](=O)[O-])s2)cnn1C. The molecule has 6 nitrogen and oxygen atoms in total. The van der Waals surface area contributed by atoms with E-state index in [4.69, 9.17) is 0 Å². The van der Waals surface area contributed by atoms with Crippen LogP contribution in [-0.2, 0) is 13.6 Å². The number of aryl methyl sites for hydroxylation is 1. The number of nitrogens with zero attached hydrogens (tertiary/aromatic N) is 3. The minimum Gasteiger partial charge on any atom is -0.305 e. The Bertz CT molecular complexity index is 590. The molecular weight excluding hydrogens is 264 g/mol. The minimum atomic E-state index is -0.358. The van der Waals surface area contributed by atoms with Gasteiger partial charge in [0, 0.05) is 41.8 Å². The van der Waals surface area contributed by atoms with Gasteiger partial charge in [-0.15, -0.1) is 0 Å². The van der Waals surface area contributed by atoms with Gasteiger partial charge >= 0.3 is 5.00 Å². The number of nitrogens with one attached hydrogen (secondary N) is 1. The fraction of sp³-hybridized carbons (Fsp3) is 0.417. The van der Waals surface area contributed by atoms with Crippen LogP contribution in [0.1, 0.15) is 29.1 Å². The molecule has 0 saturated carbocycles. The van der Waals surface area contributed by atoms with E-state index in [9.17, 15) is 10.1 Å². The van der Waals surface area contributed by atoms with E-state index in [1.807, 2.05) is 24.9 Å². The predicted octanol–water partition coefficient (Wildman–Crippen LogP) is 2.55. The second kappa shape index (κ2) is 5.50. The van der Waals surface area contributed by atoms with Crippen LogP contribution in [0, 0.1) is 17.0 Å². The summed E-state index contributed by atoms with van der Waals surface area (Å²) in [5.74, 6) is 0. The Balaban J connectivity index is 1.98. The zero-order valence-corrected chi connectivity index (χ0v) is 11.9. The first-order valence-electron chi connectivity index (χ1n) is 5.94. The number of thiophene rings is 1. The molecule has 2 heterocycles. The van der Waals surface area contributed by atoms with E-state index in [-0.39, 0.29) is 16.0 Å². The van der Waals surface area contributed by atoms with E-state index in [0.717, 1.165) is 16.1 Å². The van der Waals surface area contributed by atoms with Crippen LogP contribution in [0.2, 0.25) is 0 Å².